The van der Waals surface area contributed by atoms with Gasteiger partial charge in [-0.2, -0.15) is 0 Å². The number of hydrogen-bond donors (Lipinski definition) is 4. The van der Waals surface area contributed by atoms with Gasteiger partial charge in [0.15, 0.2) is 0 Å². The Balaban J connectivity index is 1.31. The molecule has 0 spiro atoms. The molecule has 0 fully saturated rings. The summed E-state index contributed by atoms with van der Waals surface area (Å²) in [5, 5.41) is 5.01. The fourth-order valence-corrected chi connectivity index (χ4v) is 6.43. The van der Waals surface area contributed by atoms with Gasteiger partial charge in [0.05, 0.1) is 14.2 Å². The zero-order valence-electron chi connectivity index (χ0n) is 24.9. The van der Waals surface area contributed by atoms with Crippen LogP contribution in [0.2, 0.25) is 0 Å². The van der Waals surface area contributed by atoms with Crippen LogP contribution in [0.25, 0.3) is 0 Å². The normalized spacial score (nSPS) is 11.3. The Hall–Kier alpha value is -5.08. The van der Waals surface area contributed by atoms with Gasteiger partial charge in [-0.15, -0.1) is 0 Å². The second-order valence-electron chi connectivity index (χ2n) is 10.00. The highest BCUT2D eigenvalue weighted by molar-refractivity contribution is 7.90. The summed E-state index contributed by atoms with van der Waals surface area (Å²) in [5.74, 6) is 0.248. The van der Waals surface area contributed by atoms with Crippen LogP contribution in [-0.2, 0) is 26.5 Å². The van der Waals surface area contributed by atoms with E-state index in [1.165, 1.54) is 26.4 Å². The quantitative estimate of drug-likeness (QED) is 0.187. The molecular formula is C31H32N4O8S2. The van der Waals surface area contributed by atoms with Crippen LogP contribution >= 0.6 is 0 Å². The van der Waals surface area contributed by atoms with Gasteiger partial charge in [0.2, 0.25) is 0 Å². The zero-order chi connectivity index (χ0) is 32.8. The van der Waals surface area contributed by atoms with E-state index in [0.717, 1.165) is 22.3 Å². The van der Waals surface area contributed by atoms with E-state index in [4.69, 9.17) is 9.47 Å². The summed E-state index contributed by atoms with van der Waals surface area (Å²) >= 11 is 0. The number of benzene rings is 4. The van der Waals surface area contributed by atoms with Crippen molar-refractivity contribution < 1.29 is 35.9 Å². The molecule has 12 nitrogen and oxygen atoms in total. The van der Waals surface area contributed by atoms with Crippen molar-refractivity contribution in [3.8, 4) is 11.5 Å². The Labute approximate surface area is 261 Å². The van der Waals surface area contributed by atoms with Crippen LogP contribution in [0.4, 0.5) is 21.0 Å². The third-order valence-electron chi connectivity index (χ3n) is 6.50. The molecule has 4 amide bonds. The average molecular weight is 653 g/mol. The maximum atomic E-state index is 12.7. The van der Waals surface area contributed by atoms with Gasteiger partial charge in [-0.3, -0.25) is 0 Å². The number of carbonyl (C=O) groups is 2. The summed E-state index contributed by atoms with van der Waals surface area (Å²) < 4.78 is 65.1. The summed E-state index contributed by atoms with van der Waals surface area (Å²) in [7, 11) is -5.66. The Bertz CT molecular complexity index is 1790. The number of ether oxygens (including phenoxy) is 2. The van der Waals surface area contributed by atoms with E-state index in [2.05, 4.69) is 10.6 Å². The van der Waals surface area contributed by atoms with E-state index in [1.807, 2.05) is 9.44 Å². The molecule has 0 aromatic heterocycles. The molecule has 0 saturated heterocycles. The highest BCUT2D eigenvalue weighted by Gasteiger charge is 2.23. The highest BCUT2D eigenvalue weighted by atomic mass is 32.2. The number of nitrogens with one attached hydrogen (secondary N) is 4. The summed E-state index contributed by atoms with van der Waals surface area (Å²) in [4.78, 5) is 24.5. The topological polar surface area (TPSA) is 169 Å². The van der Waals surface area contributed by atoms with E-state index >= 15 is 0 Å². The number of aryl methyl sites for hydroxylation is 2. The minimum atomic E-state index is -4.18. The van der Waals surface area contributed by atoms with E-state index in [9.17, 15) is 26.4 Å². The van der Waals surface area contributed by atoms with Gasteiger partial charge in [-0.05, 0) is 91.1 Å². The molecule has 0 aliphatic rings. The maximum Gasteiger partial charge on any atom is 0.333 e. The second-order valence-corrected chi connectivity index (χ2v) is 13.3. The smallest absolute Gasteiger partial charge is 0.333 e. The maximum absolute atomic E-state index is 12.7. The predicted octanol–water partition coefficient (Wildman–Crippen LogP) is 4.93. The molecule has 0 saturated carbocycles. The van der Waals surface area contributed by atoms with Crippen molar-refractivity contribution in [3.63, 3.8) is 0 Å². The van der Waals surface area contributed by atoms with Gasteiger partial charge in [-0.25, -0.2) is 35.9 Å². The van der Waals surface area contributed by atoms with E-state index < -0.39 is 32.1 Å². The first-order chi connectivity index (χ1) is 21.3. The van der Waals surface area contributed by atoms with E-state index in [0.29, 0.717) is 17.8 Å². The van der Waals surface area contributed by atoms with Crippen LogP contribution < -0.4 is 29.6 Å². The minimum Gasteiger partial charge on any atom is -0.495 e. The lowest BCUT2D eigenvalue weighted by atomic mass is 10.0. The van der Waals surface area contributed by atoms with Crippen molar-refractivity contribution in [2.45, 2.75) is 30.1 Å². The van der Waals surface area contributed by atoms with Crippen molar-refractivity contribution in [1.82, 2.24) is 9.44 Å². The lowest BCUT2D eigenvalue weighted by Crippen LogP contribution is -2.34. The molecule has 0 aliphatic heterocycles. The first kappa shape index (κ1) is 32.8. The van der Waals surface area contributed by atoms with E-state index in [1.54, 1.807) is 86.6 Å². The number of rotatable bonds is 10. The fraction of sp³-hybridized carbons (Fsp3) is 0.161. The van der Waals surface area contributed by atoms with Crippen LogP contribution in [0.3, 0.4) is 0 Å². The minimum absolute atomic E-state index is 0.124. The van der Waals surface area contributed by atoms with Gasteiger partial charge in [0.25, 0.3) is 20.0 Å². The molecule has 4 aromatic rings. The Morgan fingerprint density at radius 1 is 0.578 bits per heavy atom. The molecule has 0 atom stereocenters. The standard InChI is InChI=1S/C31H32N4O8S2/c1-20-5-15-28(26(17-20)42-3)44(38,39)34-30(36)32-24-11-7-22(8-12-24)19-23-9-13-25(14-10-23)33-31(37)35-45(40,41)29-16-6-21(2)18-27(29)43-4/h5-18H,19H2,1-4H3,(H2,32,34,36)(H2,33,35,37). The first-order valence-electron chi connectivity index (χ1n) is 13.4. The number of anilines is 2. The SMILES string of the molecule is COc1cc(C)ccc1S(=O)(=O)NC(=O)Nc1ccc(Cc2ccc(NC(=O)NS(=O)(=O)c3ccc(C)cc3OC)cc2)cc1. The number of urea groups is 2. The molecule has 4 aromatic carbocycles. The van der Waals surface area contributed by atoms with Gasteiger partial charge in [-0.1, -0.05) is 36.4 Å². The van der Waals surface area contributed by atoms with Crippen LogP contribution in [0.15, 0.2) is 94.7 Å². The zero-order valence-corrected chi connectivity index (χ0v) is 26.5. The van der Waals surface area contributed by atoms with Crippen LogP contribution in [0.5, 0.6) is 11.5 Å². The van der Waals surface area contributed by atoms with Crippen molar-refractivity contribution >= 4 is 43.5 Å². The third-order valence-corrected chi connectivity index (χ3v) is 9.24. The van der Waals surface area contributed by atoms with Gasteiger partial charge in [0, 0.05) is 11.4 Å². The number of sulfonamides is 2. The Morgan fingerprint density at radius 2 is 0.933 bits per heavy atom. The Morgan fingerprint density at radius 3 is 1.27 bits per heavy atom. The third kappa shape index (κ3) is 8.52. The largest absolute Gasteiger partial charge is 0.495 e. The predicted molar refractivity (Wildman–Crippen MR) is 170 cm³/mol. The van der Waals surface area contributed by atoms with Gasteiger partial charge >= 0.3 is 12.1 Å². The summed E-state index contributed by atoms with van der Waals surface area (Å²) in [6.45, 7) is 3.58. The van der Waals surface area contributed by atoms with Crippen molar-refractivity contribution in [1.29, 1.82) is 0 Å². The molecule has 14 heteroatoms. The molecule has 4 N–H and O–H groups in total. The van der Waals surface area contributed by atoms with Crippen molar-refractivity contribution in [3.05, 3.63) is 107 Å². The van der Waals surface area contributed by atoms with Gasteiger partial charge in [0.1, 0.15) is 21.3 Å². The molecule has 0 unspecified atom stereocenters. The Kier molecular flexibility index (Phi) is 9.99. The average Bonchev–Trinajstić information content (AvgIpc) is 2.98. The van der Waals surface area contributed by atoms with Crippen molar-refractivity contribution in [2.24, 2.45) is 0 Å². The number of amides is 4. The summed E-state index contributed by atoms with van der Waals surface area (Å²) in [6.07, 6.45) is 0.516. The molecule has 0 radical (unpaired) electrons. The monoisotopic (exact) mass is 652 g/mol. The molecule has 236 valence electrons. The molecular weight excluding hydrogens is 620 g/mol. The van der Waals surface area contributed by atoms with E-state index in [-0.39, 0.29) is 21.3 Å². The van der Waals surface area contributed by atoms with Gasteiger partial charge < -0.3 is 20.1 Å². The molecule has 4 rings (SSSR count). The molecule has 0 bridgehead atoms. The van der Waals surface area contributed by atoms with Crippen LogP contribution in [0, 0.1) is 13.8 Å². The number of carbonyl (C=O) groups excluding carboxylic acids is 2. The second kappa shape index (κ2) is 13.7. The van der Waals surface area contributed by atoms with Crippen LogP contribution in [0.1, 0.15) is 22.3 Å². The fourth-order valence-electron chi connectivity index (χ4n) is 4.31. The summed E-state index contributed by atoms with van der Waals surface area (Å²) in [6, 6.07) is 20.8. The lowest BCUT2D eigenvalue weighted by Gasteiger charge is -2.13. The molecule has 0 heterocycles. The lowest BCUT2D eigenvalue weighted by molar-refractivity contribution is 0.255. The number of hydrogen-bond acceptors (Lipinski definition) is 8. The summed E-state index contributed by atoms with van der Waals surface area (Å²) in [5.41, 5.74) is 4.17. The molecule has 0 aliphatic carbocycles. The first-order valence-corrected chi connectivity index (χ1v) is 16.4. The molecule has 45 heavy (non-hydrogen) atoms. The van der Waals surface area contributed by atoms with Crippen LogP contribution in [-0.4, -0.2) is 43.1 Å². The van der Waals surface area contributed by atoms with Crippen molar-refractivity contribution in [2.75, 3.05) is 24.9 Å². The number of methoxy groups -OCH3 is 2. The highest BCUT2D eigenvalue weighted by Crippen LogP contribution is 2.26.